The second-order valence-corrected chi connectivity index (χ2v) is 6.83. The molecule has 1 amide bonds. The van der Waals surface area contributed by atoms with Crippen LogP contribution in [-0.2, 0) is 16.1 Å². The Morgan fingerprint density at radius 1 is 1.23 bits per heavy atom. The van der Waals surface area contributed by atoms with Gasteiger partial charge in [0.25, 0.3) is 5.91 Å². The molecular formula is C21H23N3O2. The number of amides is 1. The fourth-order valence-corrected chi connectivity index (χ4v) is 3.61. The van der Waals surface area contributed by atoms with Gasteiger partial charge in [-0.3, -0.25) is 9.48 Å². The minimum atomic E-state index is -0.338. The van der Waals surface area contributed by atoms with Crippen molar-refractivity contribution in [3.8, 4) is 0 Å². The van der Waals surface area contributed by atoms with Gasteiger partial charge in [0.2, 0.25) is 0 Å². The van der Waals surface area contributed by atoms with Gasteiger partial charge in [0.1, 0.15) is 6.10 Å². The highest BCUT2D eigenvalue weighted by atomic mass is 16.5. The molecule has 2 heterocycles. The molecule has 0 unspecified atom stereocenters. The summed E-state index contributed by atoms with van der Waals surface area (Å²) in [7, 11) is 0. The van der Waals surface area contributed by atoms with E-state index in [1.165, 1.54) is 16.3 Å². The van der Waals surface area contributed by atoms with Gasteiger partial charge >= 0.3 is 0 Å². The third-order valence-corrected chi connectivity index (χ3v) is 5.05. The maximum absolute atomic E-state index is 12.4. The summed E-state index contributed by atoms with van der Waals surface area (Å²) in [6.07, 6.45) is 1.39. The number of anilines is 1. The standard InChI is InChI=1S/C21H23N3O2/c1-14-20(22-21(25)19-11-6-12-26-19)15(2)24(23-14)13-17-9-5-8-16-7-3-4-10-18(16)17/h3-5,7-10,19H,6,11-13H2,1-2H3,(H,22,25)/t19-/m0/s1. The highest BCUT2D eigenvalue weighted by molar-refractivity contribution is 5.95. The summed E-state index contributed by atoms with van der Waals surface area (Å²) in [6.45, 7) is 5.26. The molecule has 26 heavy (non-hydrogen) atoms. The molecule has 1 saturated heterocycles. The lowest BCUT2D eigenvalue weighted by molar-refractivity contribution is -0.124. The second kappa shape index (κ2) is 6.92. The monoisotopic (exact) mass is 349 g/mol. The molecule has 4 rings (SSSR count). The van der Waals surface area contributed by atoms with Gasteiger partial charge < -0.3 is 10.1 Å². The number of hydrogen-bond acceptors (Lipinski definition) is 3. The number of rotatable bonds is 4. The van der Waals surface area contributed by atoms with E-state index < -0.39 is 0 Å². The first-order valence-electron chi connectivity index (χ1n) is 9.06. The lowest BCUT2D eigenvalue weighted by Gasteiger charge is -2.11. The Morgan fingerprint density at radius 2 is 2.04 bits per heavy atom. The van der Waals surface area contributed by atoms with Gasteiger partial charge in [-0.2, -0.15) is 5.10 Å². The highest BCUT2D eigenvalue weighted by Gasteiger charge is 2.25. The average molecular weight is 349 g/mol. The first-order valence-corrected chi connectivity index (χ1v) is 9.06. The van der Waals surface area contributed by atoms with E-state index in [0.717, 1.165) is 29.9 Å². The summed E-state index contributed by atoms with van der Waals surface area (Å²) in [6, 6.07) is 14.7. The van der Waals surface area contributed by atoms with Gasteiger partial charge in [0.05, 0.1) is 23.6 Å². The van der Waals surface area contributed by atoms with Crippen molar-refractivity contribution in [2.75, 3.05) is 11.9 Å². The van der Waals surface area contributed by atoms with Crippen molar-refractivity contribution in [2.24, 2.45) is 0 Å². The summed E-state index contributed by atoms with van der Waals surface area (Å²) in [4.78, 5) is 12.4. The first kappa shape index (κ1) is 16.8. The molecule has 0 radical (unpaired) electrons. The van der Waals surface area contributed by atoms with Gasteiger partial charge in [-0.25, -0.2) is 0 Å². The van der Waals surface area contributed by atoms with E-state index in [2.05, 4.69) is 46.8 Å². The average Bonchev–Trinajstić information content (AvgIpc) is 3.27. The molecule has 1 atom stereocenters. The molecule has 3 aromatic rings. The van der Waals surface area contributed by atoms with Gasteiger partial charge in [0, 0.05) is 6.61 Å². The van der Waals surface area contributed by atoms with Crippen LogP contribution >= 0.6 is 0 Å². The zero-order valence-corrected chi connectivity index (χ0v) is 15.2. The number of nitrogens with one attached hydrogen (secondary N) is 1. The number of ether oxygens (including phenoxy) is 1. The van der Waals surface area contributed by atoms with Crippen LogP contribution in [0.3, 0.4) is 0 Å². The van der Waals surface area contributed by atoms with Crippen LogP contribution in [0.25, 0.3) is 10.8 Å². The van der Waals surface area contributed by atoms with E-state index in [-0.39, 0.29) is 12.0 Å². The van der Waals surface area contributed by atoms with Crippen LogP contribution in [0, 0.1) is 13.8 Å². The van der Waals surface area contributed by atoms with E-state index >= 15 is 0 Å². The molecule has 0 bridgehead atoms. The van der Waals surface area contributed by atoms with Crippen molar-refractivity contribution in [1.29, 1.82) is 0 Å². The molecule has 1 fully saturated rings. The Bertz CT molecular complexity index is 950. The number of carbonyl (C=O) groups is 1. The predicted octanol–water partition coefficient (Wildman–Crippen LogP) is 3.82. The molecule has 5 nitrogen and oxygen atoms in total. The van der Waals surface area contributed by atoms with Crippen LogP contribution in [0.15, 0.2) is 42.5 Å². The largest absolute Gasteiger partial charge is 0.368 e. The van der Waals surface area contributed by atoms with E-state index in [9.17, 15) is 4.79 Å². The van der Waals surface area contributed by atoms with E-state index in [1.54, 1.807) is 0 Å². The third kappa shape index (κ3) is 3.10. The number of aryl methyl sites for hydroxylation is 1. The number of nitrogens with zero attached hydrogens (tertiary/aromatic N) is 2. The molecule has 1 aromatic heterocycles. The maximum Gasteiger partial charge on any atom is 0.253 e. The number of aromatic nitrogens is 2. The summed E-state index contributed by atoms with van der Waals surface area (Å²) < 4.78 is 7.44. The van der Waals surface area contributed by atoms with Crippen molar-refractivity contribution in [3.05, 3.63) is 59.4 Å². The van der Waals surface area contributed by atoms with Gasteiger partial charge in [-0.15, -0.1) is 0 Å². The number of benzene rings is 2. The minimum Gasteiger partial charge on any atom is -0.368 e. The Labute approximate surface area is 153 Å². The summed E-state index contributed by atoms with van der Waals surface area (Å²) >= 11 is 0. The number of hydrogen-bond donors (Lipinski definition) is 1. The third-order valence-electron chi connectivity index (χ3n) is 5.05. The van der Waals surface area contributed by atoms with E-state index in [0.29, 0.717) is 13.2 Å². The number of fused-ring (bicyclic) bond motifs is 1. The van der Waals surface area contributed by atoms with Crippen molar-refractivity contribution in [3.63, 3.8) is 0 Å². The molecule has 1 aliphatic rings. The van der Waals surface area contributed by atoms with Gasteiger partial charge in [-0.1, -0.05) is 42.5 Å². The molecule has 1 aliphatic heterocycles. The fraction of sp³-hybridized carbons (Fsp3) is 0.333. The first-order chi connectivity index (χ1) is 12.6. The van der Waals surface area contributed by atoms with Crippen LogP contribution in [0.4, 0.5) is 5.69 Å². The SMILES string of the molecule is Cc1nn(Cc2cccc3ccccc23)c(C)c1NC(=O)[C@@H]1CCCO1. The van der Waals surface area contributed by atoms with Crippen molar-refractivity contribution >= 4 is 22.4 Å². The smallest absolute Gasteiger partial charge is 0.253 e. The zero-order valence-electron chi connectivity index (χ0n) is 15.2. The predicted molar refractivity (Wildman–Crippen MR) is 102 cm³/mol. The topological polar surface area (TPSA) is 56.2 Å². The van der Waals surface area contributed by atoms with Crippen molar-refractivity contribution < 1.29 is 9.53 Å². The summed E-state index contributed by atoms with van der Waals surface area (Å²) in [5.74, 6) is -0.0709. The molecule has 0 saturated carbocycles. The Kier molecular flexibility index (Phi) is 4.47. The number of carbonyl (C=O) groups excluding carboxylic acids is 1. The Balaban J connectivity index is 1.60. The molecular weight excluding hydrogens is 326 g/mol. The second-order valence-electron chi connectivity index (χ2n) is 6.83. The summed E-state index contributed by atoms with van der Waals surface area (Å²) in [5.41, 5.74) is 3.80. The minimum absolute atomic E-state index is 0.0709. The van der Waals surface area contributed by atoms with Crippen LogP contribution < -0.4 is 5.32 Å². The van der Waals surface area contributed by atoms with Crippen LogP contribution in [0.2, 0.25) is 0 Å². The van der Waals surface area contributed by atoms with Gasteiger partial charge in [-0.05, 0) is 43.0 Å². The van der Waals surface area contributed by atoms with E-state index in [1.807, 2.05) is 24.6 Å². The molecule has 0 spiro atoms. The normalized spacial score (nSPS) is 16.9. The van der Waals surface area contributed by atoms with Crippen LogP contribution in [0.1, 0.15) is 29.8 Å². The maximum atomic E-state index is 12.4. The molecule has 1 N–H and O–H groups in total. The molecule has 0 aliphatic carbocycles. The Morgan fingerprint density at radius 3 is 2.85 bits per heavy atom. The van der Waals surface area contributed by atoms with Crippen molar-refractivity contribution in [2.45, 2.75) is 39.3 Å². The fourth-order valence-electron chi connectivity index (χ4n) is 3.61. The molecule has 134 valence electrons. The van der Waals surface area contributed by atoms with E-state index in [4.69, 9.17) is 4.74 Å². The van der Waals surface area contributed by atoms with Gasteiger partial charge in [0.15, 0.2) is 0 Å². The van der Waals surface area contributed by atoms with Crippen molar-refractivity contribution in [1.82, 2.24) is 9.78 Å². The lowest BCUT2D eigenvalue weighted by atomic mass is 10.0. The lowest BCUT2D eigenvalue weighted by Crippen LogP contribution is -2.27. The zero-order chi connectivity index (χ0) is 18.1. The molecule has 2 aromatic carbocycles. The molecule has 5 heteroatoms. The summed E-state index contributed by atoms with van der Waals surface area (Å²) in [5, 5.41) is 10.1. The highest BCUT2D eigenvalue weighted by Crippen LogP contribution is 2.24. The Hall–Kier alpha value is -2.66. The van der Waals surface area contributed by atoms with Crippen LogP contribution in [0.5, 0.6) is 0 Å². The quantitative estimate of drug-likeness (QED) is 0.779. The van der Waals surface area contributed by atoms with Crippen LogP contribution in [-0.4, -0.2) is 28.4 Å².